The van der Waals surface area contributed by atoms with E-state index in [9.17, 15) is 0 Å². The molecule has 158 valence electrons. The van der Waals surface area contributed by atoms with Crippen LogP contribution in [0.5, 0.6) is 0 Å². The van der Waals surface area contributed by atoms with E-state index in [0.29, 0.717) is 0 Å². The maximum Gasteiger partial charge on any atom is -0.0109 e. The lowest BCUT2D eigenvalue weighted by Gasteiger charge is -2.26. The fourth-order valence-electron chi connectivity index (χ4n) is 4.32. The molecule has 1 fully saturated rings. The van der Waals surface area contributed by atoms with E-state index >= 15 is 0 Å². The van der Waals surface area contributed by atoms with Gasteiger partial charge in [-0.2, -0.15) is 0 Å². The quantitative estimate of drug-likeness (QED) is 0.261. The van der Waals surface area contributed by atoms with Crippen molar-refractivity contribution in [3.05, 3.63) is 53.6 Å². The smallest absolute Gasteiger partial charge is 0.0109 e. The molecule has 0 radical (unpaired) electrons. The molecule has 1 aromatic rings. The standard InChI is InChI=1S/C29H42/c1-3-5-7-11-15-27-22-24-29(25-23-27)17-13-9-8-12-16-28-20-18-26(19-21-28)14-10-6-4-2/h12-13,16-21,27,29H,3-7,10-11,14-15,22-25H2,1-2H3/t27-,29-. The molecule has 0 aromatic heterocycles. The highest BCUT2D eigenvalue weighted by atomic mass is 14.2. The monoisotopic (exact) mass is 390 g/mol. The third-order valence-electron chi connectivity index (χ3n) is 6.30. The van der Waals surface area contributed by atoms with Gasteiger partial charge in [0, 0.05) is 0 Å². The fraction of sp³-hybridized carbons (Fsp3) is 0.586. The molecular weight excluding hydrogens is 348 g/mol. The van der Waals surface area contributed by atoms with Gasteiger partial charge in [0.2, 0.25) is 0 Å². The summed E-state index contributed by atoms with van der Waals surface area (Å²) in [5, 5.41) is 0. The third kappa shape index (κ3) is 10.6. The van der Waals surface area contributed by atoms with Crippen LogP contribution in [0.15, 0.2) is 42.5 Å². The van der Waals surface area contributed by atoms with Crippen LogP contribution in [0.25, 0.3) is 6.08 Å². The first kappa shape index (κ1) is 23.5. The minimum Gasteiger partial charge on any atom is -0.0730 e. The SMILES string of the molecule is CCCCCC[C@H]1CC[C@H](C=CC#CC=Cc2ccc(CCCCC)cc2)CC1. The minimum absolute atomic E-state index is 0.750. The van der Waals surface area contributed by atoms with Crippen molar-refractivity contribution in [2.24, 2.45) is 11.8 Å². The van der Waals surface area contributed by atoms with Gasteiger partial charge in [0.1, 0.15) is 0 Å². The second-order valence-electron chi connectivity index (χ2n) is 8.81. The first-order valence-corrected chi connectivity index (χ1v) is 12.2. The van der Waals surface area contributed by atoms with Gasteiger partial charge in [-0.25, -0.2) is 0 Å². The molecule has 0 saturated heterocycles. The highest BCUT2D eigenvalue weighted by molar-refractivity contribution is 5.53. The Balaban J connectivity index is 1.63. The zero-order valence-electron chi connectivity index (χ0n) is 19.0. The second-order valence-corrected chi connectivity index (χ2v) is 8.81. The summed E-state index contributed by atoms with van der Waals surface area (Å²) in [6, 6.07) is 8.91. The van der Waals surface area contributed by atoms with Gasteiger partial charge in [-0.3, -0.25) is 0 Å². The third-order valence-corrected chi connectivity index (χ3v) is 6.30. The molecule has 0 amide bonds. The number of rotatable bonds is 11. The Morgan fingerprint density at radius 2 is 1.48 bits per heavy atom. The highest BCUT2D eigenvalue weighted by Crippen LogP contribution is 2.32. The van der Waals surface area contributed by atoms with Crippen LogP contribution < -0.4 is 0 Å². The van der Waals surface area contributed by atoms with Crippen LogP contribution in [0.3, 0.4) is 0 Å². The molecule has 0 N–H and O–H groups in total. The molecule has 1 aliphatic rings. The first-order chi connectivity index (χ1) is 14.3. The van der Waals surface area contributed by atoms with Crippen LogP contribution in [0.1, 0.15) is 102 Å². The summed E-state index contributed by atoms with van der Waals surface area (Å²) in [5.41, 5.74) is 2.68. The fourth-order valence-corrected chi connectivity index (χ4v) is 4.32. The van der Waals surface area contributed by atoms with E-state index in [1.807, 2.05) is 6.08 Å². The number of allylic oxidation sites excluding steroid dienone is 3. The summed E-state index contributed by atoms with van der Waals surface area (Å²) < 4.78 is 0. The number of hydrogen-bond acceptors (Lipinski definition) is 0. The van der Waals surface area contributed by atoms with Gasteiger partial charge >= 0.3 is 0 Å². The van der Waals surface area contributed by atoms with Gasteiger partial charge in [0.05, 0.1) is 0 Å². The molecule has 0 atom stereocenters. The topological polar surface area (TPSA) is 0 Å². The van der Waals surface area contributed by atoms with E-state index in [1.165, 1.54) is 94.6 Å². The van der Waals surface area contributed by atoms with Gasteiger partial charge in [-0.15, -0.1) is 0 Å². The van der Waals surface area contributed by atoms with E-state index in [1.54, 1.807) is 0 Å². The molecule has 0 spiro atoms. The molecule has 0 heterocycles. The lowest BCUT2D eigenvalue weighted by atomic mass is 9.79. The maximum atomic E-state index is 3.19. The number of benzene rings is 1. The molecule has 0 nitrogen and oxygen atoms in total. The van der Waals surface area contributed by atoms with Crippen LogP contribution in [0, 0.1) is 23.7 Å². The van der Waals surface area contributed by atoms with Crippen LogP contribution >= 0.6 is 0 Å². The maximum absolute atomic E-state index is 3.19. The lowest BCUT2D eigenvalue weighted by Crippen LogP contribution is -2.12. The van der Waals surface area contributed by atoms with Crippen molar-refractivity contribution in [1.82, 2.24) is 0 Å². The summed E-state index contributed by atoms with van der Waals surface area (Å²) in [4.78, 5) is 0. The number of hydrogen-bond donors (Lipinski definition) is 0. The van der Waals surface area contributed by atoms with Gasteiger partial charge in [0.15, 0.2) is 0 Å². The molecular formula is C29H42. The van der Waals surface area contributed by atoms with E-state index in [0.717, 1.165) is 11.8 Å². The largest absolute Gasteiger partial charge is 0.0730 e. The minimum atomic E-state index is 0.750. The highest BCUT2D eigenvalue weighted by Gasteiger charge is 2.18. The van der Waals surface area contributed by atoms with Crippen LogP contribution in [0.4, 0.5) is 0 Å². The van der Waals surface area contributed by atoms with Crippen molar-refractivity contribution in [3.63, 3.8) is 0 Å². The van der Waals surface area contributed by atoms with Gasteiger partial charge in [-0.05, 0) is 79.7 Å². The van der Waals surface area contributed by atoms with Crippen molar-refractivity contribution >= 4 is 6.08 Å². The van der Waals surface area contributed by atoms with Crippen LogP contribution in [-0.4, -0.2) is 0 Å². The first-order valence-electron chi connectivity index (χ1n) is 12.2. The Hall–Kier alpha value is -1.74. The summed E-state index contributed by atoms with van der Waals surface area (Å²) in [6.45, 7) is 4.55. The summed E-state index contributed by atoms with van der Waals surface area (Å²) in [7, 11) is 0. The van der Waals surface area contributed by atoms with Crippen molar-refractivity contribution in [2.75, 3.05) is 0 Å². The van der Waals surface area contributed by atoms with Crippen LogP contribution in [-0.2, 0) is 6.42 Å². The predicted octanol–water partition coefficient (Wildman–Crippen LogP) is 8.77. The van der Waals surface area contributed by atoms with E-state index in [-0.39, 0.29) is 0 Å². The van der Waals surface area contributed by atoms with E-state index in [4.69, 9.17) is 0 Å². The molecule has 1 aromatic carbocycles. The van der Waals surface area contributed by atoms with E-state index < -0.39 is 0 Å². The Kier molecular flexibility index (Phi) is 12.3. The van der Waals surface area contributed by atoms with Crippen molar-refractivity contribution in [2.45, 2.75) is 97.3 Å². The lowest BCUT2D eigenvalue weighted by molar-refractivity contribution is 0.289. The molecule has 0 heteroatoms. The van der Waals surface area contributed by atoms with E-state index in [2.05, 4.69) is 68.2 Å². The Labute approximate surface area is 180 Å². The average molecular weight is 391 g/mol. The molecule has 2 rings (SSSR count). The zero-order valence-corrected chi connectivity index (χ0v) is 19.0. The normalized spacial score (nSPS) is 19.5. The molecule has 0 unspecified atom stereocenters. The Morgan fingerprint density at radius 3 is 2.21 bits per heavy atom. The molecule has 1 aliphatic carbocycles. The van der Waals surface area contributed by atoms with Crippen LogP contribution in [0.2, 0.25) is 0 Å². The molecule has 0 aliphatic heterocycles. The Bertz CT molecular complexity index is 642. The molecule has 29 heavy (non-hydrogen) atoms. The summed E-state index contributed by atoms with van der Waals surface area (Å²) in [5.74, 6) is 8.09. The zero-order chi connectivity index (χ0) is 20.6. The van der Waals surface area contributed by atoms with Crippen molar-refractivity contribution < 1.29 is 0 Å². The molecule has 0 bridgehead atoms. The predicted molar refractivity (Wildman–Crippen MR) is 130 cm³/mol. The summed E-state index contributed by atoms with van der Waals surface area (Å²) in [6.07, 6.45) is 26.3. The summed E-state index contributed by atoms with van der Waals surface area (Å²) >= 11 is 0. The molecule has 1 saturated carbocycles. The van der Waals surface area contributed by atoms with Gasteiger partial charge in [-0.1, -0.05) is 101 Å². The van der Waals surface area contributed by atoms with Crippen molar-refractivity contribution in [3.8, 4) is 11.8 Å². The Morgan fingerprint density at radius 1 is 0.793 bits per heavy atom. The van der Waals surface area contributed by atoms with Gasteiger partial charge < -0.3 is 0 Å². The average Bonchev–Trinajstić information content (AvgIpc) is 2.76. The number of unbranched alkanes of at least 4 members (excludes halogenated alkanes) is 5. The number of aryl methyl sites for hydroxylation is 1. The second kappa shape index (κ2) is 15.1. The van der Waals surface area contributed by atoms with Crippen molar-refractivity contribution in [1.29, 1.82) is 0 Å². The van der Waals surface area contributed by atoms with Gasteiger partial charge in [0.25, 0.3) is 0 Å².